The van der Waals surface area contributed by atoms with Crippen LogP contribution in [0.2, 0.25) is 0 Å². The minimum Gasteiger partial charge on any atom is -0.449 e. The van der Waals surface area contributed by atoms with Crippen LogP contribution in [0.4, 0.5) is 4.79 Å². The van der Waals surface area contributed by atoms with Crippen molar-refractivity contribution in [1.82, 2.24) is 9.97 Å². The predicted molar refractivity (Wildman–Crippen MR) is 58.9 cm³/mol. The fourth-order valence-corrected chi connectivity index (χ4v) is 1.64. The van der Waals surface area contributed by atoms with Gasteiger partial charge in [-0.1, -0.05) is 6.92 Å². The first kappa shape index (κ1) is 10.5. The van der Waals surface area contributed by atoms with Crippen molar-refractivity contribution in [2.75, 3.05) is 0 Å². The van der Waals surface area contributed by atoms with E-state index < -0.39 is 6.16 Å². The first-order valence-electron chi connectivity index (χ1n) is 5.00. The number of rotatable bonds is 2. The normalized spacial score (nSPS) is 10.6. The monoisotopic (exact) mass is 220 g/mol. The Balaban J connectivity index is 2.52. The van der Waals surface area contributed by atoms with E-state index in [1.807, 2.05) is 13.8 Å². The maximum atomic E-state index is 10.4. The number of fused-ring (bicyclic) bond motifs is 1. The van der Waals surface area contributed by atoms with Gasteiger partial charge >= 0.3 is 6.16 Å². The molecule has 5 nitrogen and oxygen atoms in total. The number of hydrogen-bond acceptors (Lipinski definition) is 3. The van der Waals surface area contributed by atoms with Crippen molar-refractivity contribution >= 4 is 17.2 Å². The van der Waals surface area contributed by atoms with Crippen LogP contribution in [0, 0.1) is 6.92 Å². The molecule has 0 aliphatic rings. The molecule has 0 aliphatic carbocycles. The summed E-state index contributed by atoms with van der Waals surface area (Å²) in [6.07, 6.45) is -0.502. The number of nitrogens with zero attached hydrogens (tertiary/aromatic N) is 1. The molecule has 1 aromatic heterocycles. The second-order valence-electron chi connectivity index (χ2n) is 3.54. The van der Waals surface area contributed by atoms with Crippen molar-refractivity contribution in [3.8, 4) is 5.75 Å². The van der Waals surface area contributed by atoms with Gasteiger partial charge < -0.3 is 14.8 Å². The Bertz CT molecular complexity index is 545. The Morgan fingerprint density at radius 3 is 2.94 bits per heavy atom. The minimum absolute atomic E-state index is 0.309. The van der Waals surface area contributed by atoms with Crippen molar-refractivity contribution in [2.45, 2.75) is 20.3 Å². The number of ether oxygens (including phenoxy) is 1. The Morgan fingerprint density at radius 1 is 1.56 bits per heavy atom. The van der Waals surface area contributed by atoms with Crippen molar-refractivity contribution in [3.63, 3.8) is 0 Å². The number of nitrogens with one attached hydrogen (secondary N) is 1. The first-order valence-corrected chi connectivity index (χ1v) is 5.00. The molecular formula is C11H12N2O3. The van der Waals surface area contributed by atoms with Gasteiger partial charge in [0.1, 0.15) is 11.6 Å². The number of carbonyl (C=O) groups is 1. The lowest BCUT2D eigenvalue weighted by molar-refractivity contribution is 0.144. The highest BCUT2D eigenvalue weighted by molar-refractivity contribution is 5.81. The molecule has 0 spiro atoms. The molecule has 1 heterocycles. The maximum Gasteiger partial charge on any atom is 0.511 e. The summed E-state index contributed by atoms with van der Waals surface area (Å²) >= 11 is 0. The highest BCUT2D eigenvalue weighted by Crippen LogP contribution is 2.23. The van der Waals surface area contributed by atoms with Gasteiger partial charge in [0.25, 0.3) is 0 Å². The second kappa shape index (κ2) is 3.84. The number of benzene rings is 1. The SMILES string of the molecule is CCc1nc2c(C)cc(OC(=O)O)cc2[nH]1. The number of aromatic amines is 1. The Morgan fingerprint density at radius 2 is 2.31 bits per heavy atom. The van der Waals surface area contributed by atoms with Crippen LogP contribution in [0.25, 0.3) is 11.0 Å². The minimum atomic E-state index is -1.31. The summed E-state index contributed by atoms with van der Waals surface area (Å²) in [5, 5.41) is 8.53. The lowest BCUT2D eigenvalue weighted by atomic mass is 10.2. The van der Waals surface area contributed by atoms with Crippen LogP contribution in [0.1, 0.15) is 18.3 Å². The van der Waals surface area contributed by atoms with Gasteiger partial charge in [-0.2, -0.15) is 0 Å². The Hall–Kier alpha value is -2.04. The first-order chi connectivity index (χ1) is 7.60. The number of hydrogen-bond donors (Lipinski definition) is 2. The van der Waals surface area contributed by atoms with Gasteiger partial charge in [-0.15, -0.1) is 0 Å². The number of H-pyrrole nitrogens is 1. The average Bonchev–Trinajstić information content (AvgIpc) is 2.60. The highest BCUT2D eigenvalue weighted by Gasteiger charge is 2.08. The van der Waals surface area contributed by atoms with Gasteiger partial charge in [0.2, 0.25) is 0 Å². The number of aromatic nitrogens is 2. The zero-order chi connectivity index (χ0) is 11.7. The quantitative estimate of drug-likeness (QED) is 0.602. The van der Waals surface area contributed by atoms with E-state index in [1.165, 1.54) is 0 Å². The second-order valence-corrected chi connectivity index (χ2v) is 3.54. The summed E-state index contributed by atoms with van der Waals surface area (Å²) in [7, 11) is 0. The van der Waals surface area contributed by atoms with Gasteiger partial charge in [0.15, 0.2) is 0 Å². The third-order valence-corrected chi connectivity index (χ3v) is 2.34. The van der Waals surface area contributed by atoms with Crippen LogP contribution in [-0.2, 0) is 6.42 Å². The molecule has 2 rings (SSSR count). The van der Waals surface area contributed by atoms with Gasteiger partial charge in [0.05, 0.1) is 11.0 Å². The van der Waals surface area contributed by atoms with Gasteiger partial charge in [-0.05, 0) is 18.6 Å². The van der Waals surface area contributed by atoms with Crippen LogP contribution in [0.5, 0.6) is 5.75 Å². The van der Waals surface area contributed by atoms with Crippen molar-refractivity contribution in [2.24, 2.45) is 0 Å². The van der Waals surface area contributed by atoms with E-state index in [2.05, 4.69) is 14.7 Å². The predicted octanol–water partition coefficient (Wildman–Crippen LogP) is 2.49. The lowest BCUT2D eigenvalue weighted by Gasteiger charge is -2.01. The zero-order valence-corrected chi connectivity index (χ0v) is 9.07. The van der Waals surface area contributed by atoms with E-state index >= 15 is 0 Å². The molecule has 0 saturated carbocycles. The summed E-state index contributed by atoms with van der Waals surface area (Å²) in [5.74, 6) is 1.19. The van der Waals surface area contributed by atoms with Crippen molar-refractivity contribution in [3.05, 3.63) is 23.5 Å². The Labute approximate surface area is 92.1 Å². The molecule has 0 atom stereocenters. The molecule has 2 aromatic rings. The van der Waals surface area contributed by atoms with E-state index in [0.717, 1.165) is 28.8 Å². The number of aryl methyl sites for hydroxylation is 2. The summed E-state index contributed by atoms with van der Waals surface area (Å²) in [4.78, 5) is 17.9. The van der Waals surface area contributed by atoms with Crippen molar-refractivity contribution in [1.29, 1.82) is 0 Å². The Kier molecular flexibility index (Phi) is 2.52. The maximum absolute atomic E-state index is 10.4. The van der Waals surface area contributed by atoms with Gasteiger partial charge in [-0.3, -0.25) is 0 Å². The van der Waals surface area contributed by atoms with E-state index in [9.17, 15) is 4.79 Å². The molecule has 0 amide bonds. The molecule has 1 aromatic carbocycles. The molecule has 5 heteroatoms. The fraction of sp³-hybridized carbons (Fsp3) is 0.273. The fourth-order valence-electron chi connectivity index (χ4n) is 1.64. The van der Waals surface area contributed by atoms with E-state index in [4.69, 9.17) is 5.11 Å². The highest BCUT2D eigenvalue weighted by atomic mass is 16.7. The van der Waals surface area contributed by atoms with Crippen LogP contribution in [-0.4, -0.2) is 21.2 Å². The third kappa shape index (κ3) is 1.84. The van der Waals surface area contributed by atoms with Crippen LogP contribution in [0.15, 0.2) is 12.1 Å². The molecule has 0 radical (unpaired) electrons. The topological polar surface area (TPSA) is 75.2 Å². The summed E-state index contributed by atoms with van der Waals surface area (Å²) in [5.41, 5.74) is 2.55. The van der Waals surface area contributed by atoms with Crippen molar-refractivity contribution < 1.29 is 14.6 Å². The largest absolute Gasteiger partial charge is 0.511 e. The van der Waals surface area contributed by atoms with Crippen LogP contribution < -0.4 is 4.74 Å². The lowest BCUT2D eigenvalue weighted by Crippen LogP contribution is -2.03. The van der Waals surface area contributed by atoms with Crippen LogP contribution in [0.3, 0.4) is 0 Å². The van der Waals surface area contributed by atoms with Gasteiger partial charge in [0, 0.05) is 12.5 Å². The van der Waals surface area contributed by atoms with E-state index in [0.29, 0.717) is 5.75 Å². The smallest absolute Gasteiger partial charge is 0.449 e. The number of imidazole rings is 1. The average molecular weight is 220 g/mol. The third-order valence-electron chi connectivity index (χ3n) is 2.34. The molecule has 0 fully saturated rings. The molecule has 2 N–H and O–H groups in total. The zero-order valence-electron chi connectivity index (χ0n) is 9.07. The molecule has 0 saturated heterocycles. The van der Waals surface area contributed by atoms with Gasteiger partial charge in [-0.25, -0.2) is 9.78 Å². The van der Waals surface area contributed by atoms with E-state index in [1.54, 1.807) is 12.1 Å². The molecule has 0 unspecified atom stereocenters. The number of carboxylic acid groups (broad SMARTS) is 1. The summed E-state index contributed by atoms with van der Waals surface area (Å²) in [6, 6.07) is 3.30. The van der Waals surface area contributed by atoms with Crippen LogP contribution >= 0.6 is 0 Å². The molecule has 0 bridgehead atoms. The van der Waals surface area contributed by atoms with E-state index in [-0.39, 0.29) is 0 Å². The summed E-state index contributed by atoms with van der Waals surface area (Å²) in [6.45, 7) is 3.87. The molecule has 0 aliphatic heterocycles. The summed E-state index contributed by atoms with van der Waals surface area (Å²) < 4.78 is 4.61. The molecule has 84 valence electrons. The standard InChI is InChI=1S/C11H12N2O3/c1-3-9-12-8-5-7(16-11(14)15)4-6(2)10(8)13-9/h4-5H,3H2,1-2H3,(H,12,13)(H,14,15). The molecular weight excluding hydrogens is 208 g/mol. The molecule has 16 heavy (non-hydrogen) atoms.